The van der Waals surface area contributed by atoms with Crippen LogP contribution in [0, 0.1) is 0 Å². The fourth-order valence-electron chi connectivity index (χ4n) is 2.73. The summed E-state index contributed by atoms with van der Waals surface area (Å²) in [4.78, 5) is 12.4. The minimum Gasteiger partial charge on any atom is -0.494 e. The van der Waals surface area contributed by atoms with Gasteiger partial charge in [-0.1, -0.05) is 12.1 Å². The van der Waals surface area contributed by atoms with Gasteiger partial charge in [-0.25, -0.2) is 0 Å². The molecule has 1 heterocycles. The maximum Gasteiger partial charge on any atom is 0.226 e. The Morgan fingerprint density at radius 1 is 1.19 bits per heavy atom. The van der Waals surface area contributed by atoms with Gasteiger partial charge in [0.2, 0.25) is 5.91 Å². The van der Waals surface area contributed by atoms with Crippen molar-refractivity contribution in [2.45, 2.75) is 19.4 Å². The molecule has 0 aromatic heterocycles. The third kappa shape index (κ3) is 6.65. The Hall–Kier alpha value is -1.89. The van der Waals surface area contributed by atoms with Crippen molar-refractivity contribution in [3.8, 4) is 17.2 Å². The Balaban J connectivity index is 0.00000261. The minimum atomic E-state index is -0.00672. The van der Waals surface area contributed by atoms with Crippen LogP contribution in [0.4, 0.5) is 5.69 Å². The second kappa shape index (κ2) is 11.1. The van der Waals surface area contributed by atoms with Gasteiger partial charge in [0.15, 0.2) is 5.75 Å². The number of hydrogen-bond acceptors (Lipinski definition) is 5. The van der Waals surface area contributed by atoms with Crippen molar-refractivity contribution >= 4 is 35.8 Å². The van der Waals surface area contributed by atoms with Gasteiger partial charge < -0.3 is 20.1 Å². The van der Waals surface area contributed by atoms with E-state index in [-0.39, 0.29) is 24.4 Å². The van der Waals surface area contributed by atoms with E-state index in [1.165, 1.54) is 0 Å². The number of thioether (sulfide) groups is 1. The molecule has 3 rings (SSSR count). The van der Waals surface area contributed by atoms with Crippen molar-refractivity contribution < 1.29 is 14.3 Å². The molecule has 2 aromatic rings. The van der Waals surface area contributed by atoms with Crippen LogP contribution < -0.4 is 20.1 Å². The molecular weight excluding hydrogens is 384 g/mol. The van der Waals surface area contributed by atoms with Gasteiger partial charge in [-0.05, 0) is 43.3 Å². The molecule has 27 heavy (non-hydrogen) atoms. The summed E-state index contributed by atoms with van der Waals surface area (Å²) in [7, 11) is 0. The van der Waals surface area contributed by atoms with Gasteiger partial charge in [0.1, 0.15) is 11.5 Å². The minimum absolute atomic E-state index is 0. The lowest BCUT2D eigenvalue weighted by atomic mass is 10.2. The van der Waals surface area contributed by atoms with E-state index in [4.69, 9.17) is 9.47 Å². The standard InChI is InChI=1S/C20H24N2O3S.ClH/c1-2-24-16-7-9-17(10-8-16)25-19-6-4-3-5-18(19)22-20(23)13-15-14-26-12-11-21-15;/h3-10,15,21H,2,11-14H2,1H3,(H,22,23);1H. The normalized spacial score (nSPS) is 16.1. The first-order valence-corrected chi connectivity index (χ1v) is 10.0. The van der Waals surface area contributed by atoms with Crippen LogP contribution in [0.1, 0.15) is 13.3 Å². The number of hydrogen-bond donors (Lipinski definition) is 2. The highest BCUT2D eigenvalue weighted by Crippen LogP contribution is 2.30. The third-order valence-corrected chi connectivity index (χ3v) is 5.08. The third-order valence-electron chi connectivity index (χ3n) is 3.95. The first kappa shape index (κ1) is 21.4. The lowest BCUT2D eigenvalue weighted by Crippen LogP contribution is -2.39. The largest absolute Gasteiger partial charge is 0.494 e. The number of para-hydroxylation sites is 2. The van der Waals surface area contributed by atoms with Crippen molar-refractivity contribution in [2.75, 3.05) is 30.0 Å². The highest BCUT2D eigenvalue weighted by atomic mass is 35.5. The number of ether oxygens (including phenoxy) is 2. The van der Waals surface area contributed by atoms with Gasteiger partial charge in [0.05, 0.1) is 12.3 Å². The van der Waals surface area contributed by atoms with Crippen molar-refractivity contribution in [3.63, 3.8) is 0 Å². The summed E-state index contributed by atoms with van der Waals surface area (Å²) in [5.74, 6) is 4.19. The fraction of sp³-hybridized carbons (Fsp3) is 0.350. The number of anilines is 1. The van der Waals surface area contributed by atoms with Gasteiger partial charge in [-0.15, -0.1) is 12.4 Å². The van der Waals surface area contributed by atoms with E-state index in [0.29, 0.717) is 30.2 Å². The molecule has 2 aromatic carbocycles. The van der Waals surface area contributed by atoms with Gasteiger partial charge in [0, 0.05) is 30.5 Å². The summed E-state index contributed by atoms with van der Waals surface area (Å²) in [6, 6.07) is 15.1. The summed E-state index contributed by atoms with van der Waals surface area (Å²) in [6.07, 6.45) is 0.463. The molecule has 0 radical (unpaired) electrons. The van der Waals surface area contributed by atoms with E-state index < -0.39 is 0 Å². The zero-order valence-corrected chi connectivity index (χ0v) is 16.9. The van der Waals surface area contributed by atoms with Crippen LogP contribution in [-0.2, 0) is 4.79 Å². The van der Waals surface area contributed by atoms with Gasteiger partial charge >= 0.3 is 0 Å². The van der Waals surface area contributed by atoms with E-state index in [1.54, 1.807) is 0 Å². The lowest BCUT2D eigenvalue weighted by molar-refractivity contribution is -0.116. The summed E-state index contributed by atoms with van der Waals surface area (Å²) in [6.45, 7) is 3.54. The Labute approximate surface area is 170 Å². The van der Waals surface area contributed by atoms with Crippen molar-refractivity contribution in [1.29, 1.82) is 0 Å². The number of amides is 1. The second-order valence-electron chi connectivity index (χ2n) is 5.98. The van der Waals surface area contributed by atoms with E-state index in [0.717, 1.165) is 23.8 Å². The highest BCUT2D eigenvalue weighted by Gasteiger charge is 2.17. The Kier molecular flexibility index (Phi) is 8.78. The molecule has 1 saturated heterocycles. The molecule has 1 fully saturated rings. The van der Waals surface area contributed by atoms with Crippen LogP contribution in [0.5, 0.6) is 17.2 Å². The molecule has 5 nitrogen and oxygen atoms in total. The zero-order valence-electron chi connectivity index (χ0n) is 15.3. The Bertz CT molecular complexity index is 721. The van der Waals surface area contributed by atoms with Gasteiger partial charge in [-0.2, -0.15) is 11.8 Å². The van der Waals surface area contributed by atoms with Crippen LogP contribution in [0.15, 0.2) is 48.5 Å². The molecule has 1 unspecified atom stereocenters. The second-order valence-corrected chi connectivity index (χ2v) is 7.13. The van der Waals surface area contributed by atoms with E-state index in [9.17, 15) is 4.79 Å². The van der Waals surface area contributed by atoms with Crippen LogP contribution in [0.3, 0.4) is 0 Å². The molecule has 7 heteroatoms. The maximum atomic E-state index is 12.4. The lowest BCUT2D eigenvalue weighted by Gasteiger charge is -2.22. The molecule has 146 valence electrons. The quantitative estimate of drug-likeness (QED) is 0.713. The van der Waals surface area contributed by atoms with E-state index in [1.807, 2.05) is 67.2 Å². The average Bonchev–Trinajstić information content (AvgIpc) is 2.66. The molecule has 0 bridgehead atoms. The number of benzene rings is 2. The summed E-state index contributed by atoms with van der Waals surface area (Å²) >= 11 is 1.88. The number of carbonyl (C=O) groups excluding carboxylic acids is 1. The maximum absolute atomic E-state index is 12.4. The van der Waals surface area contributed by atoms with Gasteiger partial charge in [0.25, 0.3) is 0 Å². The van der Waals surface area contributed by atoms with Crippen molar-refractivity contribution in [2.24, 2.45) is 0 Å². The van der Waals surface area contributed by atoms with Gasteiger partial charge in [-0.3, -0.25) is 4.79 Å². The molecule has 1 amide bonds. The van der Waals surface area contributed by atoms with E-state index >= 15 is 0 Å². The predicted molar refractivity (Wildman–Crippen MR) is 114 cm³/mol. The van der Waals surface area contributed by atoms with Crippen LogP contribution >= 0.6 is 24.2 Å². The number of nitrogens with one attached hydrogen (secondary N) is 2. The molecule has 0 aliphatic carbocycles. The number of rotatable bonds is 7. The fourth-order valence-corrected chi connectivity index (χ4v) is 3.68. The molecule has 1 aliphatic heterocycles. The first-order chi connectivity index (χ1) is 12.7. The molecule has 1 atom stereocenters. The zero-order chi connectivity index (χ0) is 18.2. The molecular formula is C20H25ClN2O3S. The molecule has 0 spiro atoms. The Morgan fingerprint density at radius 2 is 1.93 bits per heavy atom. The van der Waals surface area contributed by atoms with Crippen LogP contribution in [-0.4, -0.2) is 36.6 Å². The SMILES string of the molecule is CCOc1ccc(Oc2ccccc2NC(=O)CC2CSCCN2)cc1.Cl. The Morgan fingerprint density at radius 3 is 2.63 bits per heavy atom. The van der Waals surface area contributed by atoms with Crippen molar-refractivity contribution in [1.82, 2.24) is 5.32 Å². The van der Waals surface area contributed by atoms with Crippen LogP contribution in [0.2, 0.25) is 0 Å². The topological polar surface area (TPSA) is 59.6 Å². The highest BCUT2D eigenvalue weighted by molar-refractivity contribution is 7.99. The molecule has 0 saturated carbocycles. The number of carbonyl (C=O) groups is 1. The first-order valence-electron chi connectivity index (χ1n) is 8.85. The van der Waals surface area contributed by atoms with Crippen molar-refractivity contribution in [3.05, 3.63) is 48.5 Å². The molecule has 2 N–H and O–H groups in total. The van der Waals surface area contributed by atoms with Crippen LogP contribution in [0.25, 0.3) is 0 Å². The van der Waals surface area contributed by atoms with E-state index in [2.05, 4.69) is 10.6 Å². The smallest absolute Gasteiger partial charge is 0.226 e. The summed E-state index contributed by atoms with van der Waals surface area (Å²) < 4.78 is 11.4. The monoisotopic (exact) mass is 408 g/mol. The number of halogens is 1. The molecule has 1 aliphatic rings. The summed E-state index contributed by atoms with van der Waals surface area (Å²) in [5, 5.41) is 6.35. The predicted octanol–water partition coefficient (Wildman–Crippen LogP) is 4.33. The summed E-state index contributed by atoms with van der Waals surface area (Å²) in [5.41, 5.74) is 0.676. The average molecular weight is 409 g/mol.